The van der Waals surface area contributed by atoms with Crippen molar-refractivity contribution >= 4 is 11.8 Å². The van der Waals surface area contributed by atoms with E-state index < -0.39 is 0 Å². The summed E-state index contributed by atoms with van der Waals surface area (Å²) in [6.07, 6.45) is 0.505. The van der Waals surface area contributed by atoms with Crippen molar-refractivity contribution in [2.45, 2.75) is 6.42 Å². The van der Waals surface area contributed by atoms with Crippen LogP contribution in [-0.2, 0) is 0 Å². The lowest BCUT2D eigenvalue weighted by atomic mass is 10.1. The smallest absolute Gasteiger partial charge is 0.273 e. The van der Waals surface area contributed by atoms with E-state index in [0.717, 1.165) is 5.56 Å². The van der Waals surface area contributed by atoms with Crippen LogP contribution in [0.4, 0.5) is 0 Å². The summed E-state index contributed by atoms with van der Waals surface area (Å²) in [4.78, 5) is 24.1. The number of hydrogen-bond acceptors (Lipinski definition) is 6. The van der Waals surface area contributed by atoms with E-state index in [2.05, 4.69) is 15.8 Å². The summed E-state index contributed by atoms with van der Waals surface area (Å²) in [7, 11) is 0. The molecule has 3 aromatic rings. The molecule has 0 saturated heterocycles. The molecule has 0 saturated carbocycles. The first-order valence-corrected chi connectivity index (χ1v) is 8.65. The molecule has 0 unspecified atom stereocenters. The first-order chi connectivity index (χ1) is 13.5. The number of nitrogens with one attached hydrogen (secondary N) is 2. The Morgan fingerprint density at radius 3 is 2.32 bits per heavy atom. The lowest BCUT2D eigenvalue weighted by Crippen LogP contribution is -2.30. The quantitative estimate of drug-likeness (QED) is 0.368. The number of phenols is 2. The van der Waals surface area contributed by atoms with Crippen molar-refractivity contribution in [3.8, 4) is 22.8 Å². The van der Waals surface area contributed by atoms with Gasteiger partial charge in [-0.25, -0.2) is 0 Å². The van der Waals surface area contributed by atoms with E-state index in [4.69, 9.17) is 4.52 Å². The molecule has 8 heteroatoms. The highest BCUT2D eigenvalue weighted by Crippen LogP contribution is 2.24. The van der Waals surface area contributed by atoms with Crippen LogP contribution in [0.5, 0.6) is 11.5 Å². The van der Waals surface area contributed by atoms with E-state index >= 15 is 0 Å². The van der Waals surface area contributed by atoms with Crippen LogP contribution in [0, 0.1) is 0 Å². The molecule has 0 radical (unpaired) electrons. The van der Waals surface area contributed by atoms with Gasteiger partial charge in [-0.1, -0.05) is 35.5 Å². The van der Waals surface area contributed by atoms with Crippen molar-refractivity contribution in [2.75, 3.05) is 13.1 Å². The van der Waals surface area contributed by atoms with Crippen molar-refractivity contribution in [2.24, 2.45) is 0 Å². The zero-order valence-electron chi connectivity index (χ0n) is 14.9. The Balaban J connectivity index is 1.41. The van der Waals surface area contributed by atoms with Gasteiger partial charge < -0.3 is 25.4 Å². The van der Waals surface area contributed by atoms with Crippen molar-refractivity contribution in [1.82, 2.24) is 15.8 Å². The second kappa shape index (κ2) is 8.72. The van der Waals surface area contributed by atoms with Gasteiger partial charge in [0.2, 0.25) is 0 Å². The van der Waals surface area contributed by atoms with E-state index in [-0.39, 0.29) is 34.6 Å². The normalized spacial score (nSPS) is 10.4. The van der Waals surface area contributed by atoms with Gasteiger partial charge in [-0.15, -0.1) is 0 Å². The first-order valence-electron chi connectivity index (χ1n) is 8.65. The largest absolute Gasteiger partial charge is 0.504 e. The highest BCUT2D eigenvalue weighted by atomic mass is 16.5. The molecular weight excluding hydrogens is 362 g/mol. The summed E-state index contributed by atoms with van der Waals surface area (Å²) in [6.45, 7) is 0.669. The second-order valence-electron chi connectivity index (χ2n) is 6.01. The molecule has 0 aliphatic rings. The van der Waals surface area contributed by atoms with Crippen molar-refractivity contribution in [3.05, 3.63) is 65.9 Å². The minimum absolute atomic E-state index is 0.183. The van der Waals surface area contributed by atoms with Crippen molar-refractivity contribution < 1.29 is 24.3 Å². The van der Waals surface area contributed by atoms with Crippen LogP contribution >= 0.6 is 0 Å². The maximum absolute atomic E-state index is 12.1. The molecule has 8 nitrogen and oxygen atoms in total. The Bertz CT molecular complexity index is 969. The first kappa shape index (κ1) is 19.0. The van der Waals surface area contributed by atoms with Gasteiger partial charge in [-0.2, -0.15) is 0 Å². The number of aromatic hydroxyl groups is 2. The number of phenolic OH excluding ortho intramolecular Hbond substituents is 2. The summed E-state index contributed by atoms with van der Waals surface area (Å²) in [6, 6.07) is 14.7. The van der Waals surface area contributed by atoms with Gasteiger partial charge in [-0.3, -0.25) is 9.59 Å². The highest BCUT2D eigenvalue weighted by molar-refractivity contribution is 5.95. The lowest BCUT2D eigenvalue weighted by molar-refractivity contribution is 0.0944. The fourth-order valence-corrected chi connectivity index (χ4v) is 2.47. The van der Waals surface area contributed by atoms with Crippen LogP contribution in [0.2, 0.25) is 0 Å². The third-order valence-electron chi connectivity index (χ3n) is 3.96. The van der Waals surface area contributed by atoms with Crippen LogP contribution in [0.25, 0.3) is 11.3 Å². The van der Waals surface area contributed by atoms with Gasteiger partial charge in [0, 0.05) is 30.3 Å². The molecule has 0 spiro atoms. The van der Waals surface area contributed by atoms with Crippen molar-refractivity contribution in [1.29, 1.82) is 0 Å². The van der Waals surface area contributed by atoms with Gasteiger partial charge in [0.15, 0.2) is 23.0 Å². The summed E-state index contributed by atoms with van der Waals surface area (Å²) in [5.41, 5.74) is 1.25. The number of aromatic nitrogens is 1. The summed E-state index contributed by atoms with van der Waals surface area (Å²) >= 11 is 0. The molecular formula is C20H19N3O5. The number of hydrogen-bond donors (Lipinski definition) is 4. The number of amides is 2. The standard InChI is InChI=1S/C20H19N3O5/c24-16-8-7-14(11-17(16)25)19(26)21-9-4-10-22-20(27)15-12-18(28-23-15)13-5-2-1-3-6-13/h1-3,5-8,11-12,24-25H,4,9-10H2,(H,21,26)(H,22,27). The number of nitrogens with zero attached hydrogens (tertiary/aromatic N) is 1. The van der Waals surface area contributed by atoms with Gasteiger partial charge in [0.1, 0.15) is 0 Å². The fourth-order valence-electron chi connectivity index (χ4n) is 2.47. The number of benzene rings is 2. The predicted octanol–water partition coefficient (Wildman–Crippen LogP) is 2.30. The van der Waals surface area contributed by atoms with Gasteiger partial charge in [0.25, 0.3) is 11.8 Å². The van der Waals surface area contributed by atoms with E-state index in [9.17, 15) is 19.8 Å². The van der Waals surface area contributed by atoms with Crippen LogP contribution in [0.3, 0.4) is 0 Å². The van der Waals surface area contributed by atoms with Crippen LogP contribution in [0.15, 0.2) is 59.1 Å². The average Bonchev–Trinajstić information content (AvgIpc) is 3.20. The molecule has 0 aliphatic heterocycles. The van der Waals surface area contributed by atoms with E-state index in [1.165, 1.54) is 18.2 Å². The SMILES string of the molecule is O=C(NCCCNC(=O)c1cc(-c2ccccc2)on1)c1ccc(O)c(O)c1. The molecule has 2 amide bonds. The molecule has 0 fully saturated rings. The zero-order valence-corrected chi connectivity index (χ0v) is 14.9. The summed E-state index contributed by atoms with van der Waals surface area (Å²) in [5, 5.41) is 27.8. The minimum Gasteiger partial charge on any atom is -0.504 e. The topological polar surface area (TPSA) is 125 Å². The van der Waals surface area contributed by atoms with Crippen LogP contribution in [0.1, 0.15) is 27.3 Å². The number of carbonyl (C=O) groups excluding carboxylic acids is 2. The molecule has 2 aromatic carbocycles. The maximum Gasteiger partial charge on any atom is 0.273 e. The average molecular weight is 381 g/mol. The predicted molar refractivity (Wildman–Crippen MR) is 101 cm³/mol. The third kappa shape index (κ3) is 4.67. The zero-order chi connectivity index (χ0) is 19.9. The highest BCUT2D eigenvalue weighted by Gasteiger charge is 2.13. The minimum atomic E-state index is -0.384. The third-order valence-corrected chi connectivity index (χ3v) is 3.96. The lowest BCUT2D eigenvalue weighted by Gasteiger charge is -2.07. The monoisotopic (exact) mass is 381 g/mol. The molecule has 3 rings (SSSR count). The van der Waals surface area contributed by atoms with Gasteiger partial charge >= 0.3 is 0 Å². The van der Waals surface area contributed by atoms with Crippen molar-refractivity contribution in [3.63, 3.8) is 0 Å². The second-order valence-corrected chi connectivity index (χ2v) is 6.01. The molecule has 4 N–H and O–H groups in total. The molecule has 0 aliphatic carbocycles. The van der Waals surface area contributed by atoms with Gasteiger partial charge in [-0.05, 0) is 24.6 Å². The Morgan fingerprint density at radius 1 is 0.893 bits per heavy atom. The number of rotatable bonds is 7. The van der Waals surface area contributed by atoms with Crippen LogP contribution < -0.4 is 10.6 Å². The van der Waals surface area contributed by atoms with Crippen LogP contribution in [-0.4, -0.2) is 40.3 Å². The fraction of sp³-hybridized carbons (Fsp3) is 0.150. The Hall–Kier alpha value is -3.81. The van der Waals surface area contributed by atoms with Gasteiger partial charge in [0.05, 0.1) is 0 Å². The molecule has 1 aromatic heterocycles. The Labute approximate surface area is 160 Å². The molecule has 144 valence electrons. The molecule has 28 heavy (non-hydrogen) atoms. The molecule has 0 bridgehead atoms. The maximum atomic E-state index is 12.1. The molecule has 1 heterocycles. The van der Waals surface area contributed by atoms with E-state index in [1.54, 1.807) is 6.07 Å². The summed E-state index contributed by atoms with van der Waals surface area (Å²) < 4.78 is 5.19. The molecule has 0 atom stereocenters. The Morgan fingerprint density at radius 2 is 1.61 bits per heavy atom. The summed E-state index contributed by atoms with van der Waals surface area (Å²) in [5.74, 6) is -0.883. The van der Waals surface area contributed by atoms with E-state index in [0.29, 0.717) is 25.3 Å². The van der Waals surface area contributed by atoms with E-state index in [1.807, 2.05) is 30.3 Å². The number of carbonyl (C=O) groups is 2. The Kier molecular flexibility index (Phi) is 5.91.